The Hall–Kier alpha value is -0.0100. The molecule has 1 aromatic heterocycles. The summed E-state index contributed by atoms with van der Waals surface area (Å²) in [7, 11) is 0. The maximum absolute atomic E-state index is 6.61. The van der Waals surface area contributed by atoms with Gasteiger partial charge in [0.2, 0.25) is 0 Å². The largest absolute Gasteiger partial charge is 0.146 e. The van der Waals surface area contributed by atoms with E-state index in [2.05, 4.69) is 19.9 Å². The van der Waals surface area contributed by atoms with Crippen LogP contribution in [-0.2, 0) is 0 Å². The average molecular weight is 243 g/mol. The highest BCUT2D eigenvalue weighted by atomic mass is 35.5. The van der Waals surface area contributed by atoms with Crippen molar-refractivity contribution in [1.29, 1.82) is 0 Å². The second-order valence-electron chi connectivity index (χ2n) is 4.67. The van der Waals surface area contributed by atoms with Crippen LogP contribution >= 0.6 is 22.9 Å². The minimum atomic E-state index is 0.259. The van der Waals surface area contributed by atoms with Crippen LogP contribution in [0.3, 0.4) is 0 Å². The highest BCUT2D eigenvalue weighted by molar-refractivity contribution is 7.12. The molecule has 0 N–H and O–H groups in total. The minimum absolute atomic E-state index is 0.259. The van der Waals surface area contributed by atoms with Gasteiger partial charge in [0.05, 0.1) is 5.38 Å². The van der Waals surface area contributed by atoms with Crippen LogP contribution in [0.25, 0.3) is 0 Å². The number of thiophene rings is 1. The third kappa shape index (κ3) is 2.57. The lowest BCUT2D eigenvalue weighted by molar-refractivity contribution is 0.348. The van der Waals surface area contributed by atoms with Crippen LogP contribution in [0, 0.1) is 19.8 Å². The second-order valence-corrected chi connectivity index (χ2v) is 6.60. The fraction of sp³-hybridized carbons (Fsp3) is 0.692. The Balaban J connectivity index is 2.12. The van der Waals surface area contributed by atoms with Gasteiger partial charge < -0.3 is 0 Å². The number of aryl methyl sites for hydroxylation is 2. The van der Waals surface area contributed by atoms with Gasteiger partial charge in [-0.25, -0.2) is 0 Å². The van der Waals surface area contributed by atoms with Crippen molar-refractivity contribution in [3.05, 3.63) is 21.4 Å². The van der Waals surface area contributed by atoms with Crippen molar-refractivity contribution < 1.29 is 0 Å². The van der Waals surface area contributed by atoms with Crippen molar-refractivity contribution >= 4 is 22.9 Å². The van der Waals surface area contributed by atoms with Gasteiger partial charge in [-0.05, 0) is 44.2 Å². The van der Waals surface area contributed by atoms with Gasteiger partial charge in [0.25, 0.3) is 0 Å². The molecule has 0 amide bonds. The topological polar surface area (TPSA) is 0 Å². The third-order valence-corrected chi connectivity index (χ3v) is 5.01. The van der Waals surface area contributed by atoms with E-state index in [0.717, 1.165) is 0 Å². The minimum Gasteiger partial charge on any atom is -0.146 e. The molecule has 1 unspecified atom stereocenters. The molecule has 1 heterocycles. The first-order chi connectivity index (χ1) is 7.18. The monoisotopic (exact) mass is 242 g/mol. The van der Waals surface area contributed by atoms with Gasteiger partial charge in [-0.3, -0.25) is 0 Å². The van der Waals surface area contributed by atoms with Gasteiger partial charge in [-0.2, -0.15) is 0 Å². The van der Waals surface area contributed by atoms with Gasteiger partial charge in [-0.15, -0.1) is 22.9 Å². The van der Waals surface area contributed by atoms with E-state index >= 15 is 0 Å². The molecule has 1 atom stereocenters. The van der Waals surface area contributed by atoms with Crippen LogP contribution in [0.2, 0.25) is 0 Å². The first-order valence-corrected chi connectivity index (χ1v) is 7.15. The Morgan fingerprint density at radius 3 is 2.47 bits per heavy atom. The van der Waals surface area contributed by atoms with Crippen LogP contribution < -0.4 is 0 Å². The molecule has 84 valence electrons. The maximum Gasteiger partial charge on any atom is 0.0624 e. The van der Waals surface area contributed by atoms with Crippen LogP contribution in [0.5, 0.6) is 0 Å². The molecule has 0 aromatic carbocycles. The molecular formula is C13H19ClS. The Bertz CT molecular complexity index is 323. The fourth-order valence-electron chi connectivity index (χ4n) is 2.61. The van der Waals surface area contributed by atoms with E-state index < -0.39 is 0 Å². The van der Waals surface area contributed by atoms with Crippen molar-refractivity contribution in [3.63, 3.8) is 0 Å². The van der Waals surface area contributed by atoms with E-state index in [4.69, 9.17) is 11.6 Å². The van der Waals surface area contributed by atoms with Crippen LogP contribution in [0.15, 0.2) is 6.07 Å². The molecule has 1 fully saturated rings. The summed E-state index contributed by atoms with van der Waals surface area (Å²) < 4.78 is 0. The first-order valence-electron chi connectivity index (χ1n) is 5.89. The molecule has 1 saturated carbocycles. The molecule has 2 rings (SSSR count). The lowest BCUT2D eigenvalue weighted by Crippen LogP contribution is -2.12. The maximum atomic E-state index is 6.61. The van der Waals surface area contributed by atoms with Gasteiger partial charge in [0.15, 0.2) is 0 Å². The average Bonchev–Trinajstić information content (AvgIpc) is 2.58. The summed E-state index contributed by atoms with van der Waals surface area (Å²) in [5.41, 5.74) is 1.39. The lowest BCUT2D eigenvalue weighted by atomic mass is 9.84. The van der Waals surface area contributed by atoms with Crippen LogP contribution in [-0.4, -0.2) is 0 Å². The molecule has 0 aliphatic heterocycles. The smallest absolute Gasteiger partial charge is 0.0624 e. The molecule has 0 bridgehead atoms. The molecule has 1 aromatic rings. The van der Waals surface area contributed by atoms with Gasteiger partial charge in [0, 0.05) is 9.75 Å². The number of hydrogen-bond acceptors (Lipinski definition) is 1. The summed E-state index contributed by atoms with van der Waals surface area (Å²) in [6.45, 7) is 4.37. The molecule has 1 aliphatic carbocycles. The van der Waals surface area contributed by atoms with E-state index in [1.54, 1.807) is 0 Å². The van der Waals surface area contributed by atoms with Crippen molar-refractivity contribution in [2.75, 3.05) is 0 Å². The zero-order valence-corrected chi connectivity index (χ0v) is 11.1. The molecule has 0 radical (unpaired) electrons. The second kappa shape index (κ2) is 4.88. The molecular weight excluding hydrogens is 224 g/mol. The SMILES string of the molecule is Cc1cc(C(Cl)C2CCCCC2)c(C)s1. The van der Waals surface area contributed by atoms with Crippen molar-refractivity contribution in [2.24, 2.45) is 5.92 Å². The summed E-state index contributed by atoms with van der Waals surface area (Å²) in [6.07, 6.45) is 6.79. The third-order valence-electron chi connectivity index (χ3n) is 3.44. The fourth-order valence-corrected chi connectivity index (χ4v) is 4.12. The highest BCUT2D eigenvalue weighted by Gasteiger charge is 2.25. The normalized spacial score (nSPS) is 20.5. The molecule has 0 nitrogen and oxygen atoms in total. The van der Waals surface area contributed by atoms with E-state index in [0.29, 0.717) is 5.92 Å². The van der Waals surface area contributed by atoms with E-state index in [-0.39, 0.29) is 5.38 Å². The Morgan fingerprint density at radius 1 is 1.27 bits per heavy atom. The number of alkyl halides is 1. The molecule has 1 aliphatic rings. The Morgan fingerprint density at radius 2 is 1.93 bits per heavy atom. The molecule has 15 heavy (non-hydrogen) atoms. The van der Waals surface area contributed by atoms with E-state index in [1.165, 1.54) is 47.4 Å². The lowest BCUT2D eigenvalue weighted by Gasteiger charge is -2.26. The van der Waals surface area contributed by atoms with E-state index in [1.807, 2.05) is 11.3 Å². The first kappa shape index (κ1) is 11.5. The Kier molecular flexibility index (Phi) is 3.73. The number of rotatable bonds is 2. The van der Waals surface area contributed by atoms with Gasteiger partial charge in [-0.1, -0.05) is 19.3 Å². The Labute approximate surface area is 102 Å². The summed E-state index contributed by atoms with van der Waals surface area (Å²) in [4.78, 5) is 2.81. The van der Waals surface area contributed by atoms with Gasteiger partial charge in [0.1, 0.15) is 0 Å². The standard InChI is InChI=1S/C13H19ClS/c1-9-8-12(10(2)15-9)13(14)11-6-4-3-5-7-11/h8,11,13H,3-7H2,1-2H3. The van der Waals surface area contributed by atoms with Crippen molar-refractivity contribution in [3.8, 4) is 0 Å². The quantitative estimate of drug-likeness (QED) is 0.624. The molecule has 0 saturated heterocycles. The molecule has 0 spiro atoms. The zero-order valence-electron chi connectivity index (χ0n) is 9.55. The van der Waals surface area contributed by atoms with Crippen molar-refractivity contribution in [2.45, 2.75) is 51.3 Å². The van der Waals surface area contributed by atoms with E-state index in [9.17, 15) is 0 Å². The highest BCUT2D eigenvalue weighted by Crippen LogP contribution is 2.41. The number of halogens is 1. The summed E-state index contributed by atoms with van der Waals surface area (Å²) in [5.74, 6) is 0.716. The predicted molar refractivity (Wildman–Crippen MR) is 69.0 cm³/mol. The van der Waals surface area contributed by atoms with Gasteiger partial charge >= 0.3 is 0 Å². The number of hydrogen-bond donors (Lipinski definition) is 0. The van der Waals surface area contributed by atoms with Crippen molar-refractivity contribution in [1.82, 2.24) is 0 Å². The summed E-state index contributed by atoms with van der Waals surface area (Å²) in [6, 6.07) is 2.28. The van der Waals surface area contributed by atoms with Crippen LogP contribution in [0.1, 0.15) is 52.8 Å². The molecule has 2 heteroatoms. The summed E-state index contributed by atoms with van der Waals surface area (Å²) >= 11 is 8.49. The predicted octanol–water partition coefficient (Wildman–Crippen LogP) is 5.23. The summed E-state index contributed by atoms with van der Waals surface area (Å²) in [5, 5.41) is 0.259. The van der Waals surface area contributed by atoms with Crippen LogP contribution in [0.4, 0.5) is 0 Å². The zero-order chi connectivity index (χ0) is 10.8.